The Hall–Kier alpha value is -5.57. The molecule has 1 aliphatic carbocycles. The van der Waals surface area contributed by atoms with Crippen molar-refractivity contribution < 1.29 is 23.5 Å². The number of hydrogen-bond acceptors (Lipinski definition) is 8. The molecule has 0 unspecified atom stereocenters. The first-order valence-electron chi connectivity index (χ1n) is 16.5. The van der Waals surface area contributed by atoms with Gasteiger partial charge in [0.15, 0.2) is 0 Å². The summed E-state index contributed by atoms with van der Waals surface area (Å²) in [5, 5.41) is 18.6. The number of carbonyl (C=O) groups is 3. The third-order valence-corrected chi connectivity index (χ3v) is 10.8. The Labute approximate surface area is 304 Å². The van der Waals surface area contributed by atoms with Gasteiger partial charge in [-0.3, -0.25) is 14.4 Å². The van der Waals surface area contributed by atoms with Crippen molar-refractivity contribution in [3.63, 3.8) is 0 Å². The van der Waals surface area contributed by atoms with E-state index in [-0.39, 0.29) is 11.6 Å². The molecule has 3 N–H and O–H groups in total. The maximum atomic E-state index is 13.6. The summed E-state index contributed by atoms with van der Waals surface area (Å²) in [4.78, 5) is 41.9. The van der Waals surface area contributed by atoms with Gasteiger partial charge in [-0.25, -0.2) is 0 Å². The molecule has 1 aliphatic rings. The Morgan fingerprint density at radius 1 is 1.00 bits per heavy atom. The summed E-state index contributed by atoms with van der Waals surface area (Å²) in [6.07, 6.45) is 4.32. The summed E-state index contributed by atoms with van der Waals surface area (Å²) >= 11 is 2.88. The molecule has 11 heteroatoms. The molecule has 0 aliphatic heterocycles. The lowest BCUT2D eigenvalue weighted by Crippen LogP contribution is -2.30. The van der Waals surface area contributed by atoms with Crippen molar-refractivity contribution in [1.29, 1.82) is 5.26 Å². The predicted molar refractivity (Wildman–Crippen MR) is 202 cm³/mol. The molecule has 0 fully saturated rings. The average Bonchev–Trinajstić information content (AvgIpc) is 3.75. The molecule has 258 valence electrons. The third kappa shape index (κ3) is 8.43. The van der Waals surface area contributed by atoms with Gasteiger partial charge < -0.3 is 25.1 Å². The van der Waals surface area contributed by atoms with Crippen molar-refractivity contribution in [2.24, 2.45) is 5.92 Å². The van der Waals surface area contributed by atoms with Crippen LogP contribution < -0.4 is 20.7 Å². The van der Waals surface area contributed by atoms with E-state index in [1.165, 1.54) is 34.1 Å². The van der Waals surface area contributed by atoms with Crippen LogP contribution >= 0.6 is 23.1 Å². The molecule has 0 saturated heterocycles. The highest BCUT2D eigenvalue weighted by Gasteiger charge is 2.26. The second-order valence-electron chi connectivity index (χ2n) is 12.2. The number of anilines is 2. The van der Waals surface area contributed by atoms with E-state index in [9.17, 15) is 19.6 Å². The maximum absolute atomic E-state index is 13.6. The van der Waals surface area contributed by atoms with Crippen molar-refractivity contribution >= 4 is 57.6 Å². The molecule has 6 rings (SSSR count). The van der Waals surface area contributed by atoms with Gasteiger partial charge in [0.05, 0.1) is 23.5 Å². The van der Waals surface area contributed by atoms with E-state index in [1.54, 1.807) is 61.7 Å². The van der Waals surface area contributed by atoms with Gasteiger partial charge in [0.2, 0.25) is 5.91 Å². The summed E-state index contributed by atoms with van der Waals surface area (Å²) in [6, 6.07) is 28.9. The molecule has 2 aromatic heterocycles. The largest absolute Gasteiger partial charge is 0.496 e. The highest BCUT2D eigenvalue weighted by atomic mass is 32.2. The molecule has 2 heterocycles. The summed E-state index contributed by atoms with van der Waals surface area (Å²) in [5.41, 5.74) is 3.28. The fourth-order valence-electron chi connectivity index (χ4n) is 5.75. The zero-order chi connectivity index (χ0) is 35.9. The lowest BCUT2D eigenvalue weighted by atomic mass is 9.89. The van der Waals surface area contributed by atoms with Crippen LogP contribution in [0.3, 0.4) is 0 Å². The Kier molecular flexibility index (Phi) is 11.0. The van der Waals surface area contributed by atoms with Crippen LogP contribution in [0.5, 0.6) is 5.75 Å². The van der Waals surface area contributed by atoms with Gasteiger partial charge in [-0.15, -0.1) is 23.1 Å². The number of furan rings is 1. The highest BCUT2D eigenvalue weighted by molar-refractivity contribution is 8.00. The number of hydrogen-bond donors (Lipinski definition) is 3. The number of benzene rings is 3. The van der Waals surface area contributed by atoms with Crippen molar-refractivity contribution in [1.82, 2.24) is 5.32 Å². The molecule has 51 heavy (non-hydrogen) atoms. The van der Waals surface area contributed by atoms with Crippen molar-refractivity contribution in [3.8, 4) is 23.1 Å². The molecule has 0 radical (unpaired) electrons. The predicted octanol–water partition coefficient (Wildman–Crippen LogP) is 8.54. The number of nitrogens with one attached hydrogen (secondary N) is 3. The Morgan fingerprint density at radius 3 is 2.49 bits per heavy atom. The van der Waals surface area contributed by atoms with E-state index >= 15 is 0 Å². The zero-order valence-corrected chi connectivity index (χ0v) is 30.0. The molecule has 3 aromatic carbocycles. The SMILES string of the molecule is COc1ccccc1-c1ccc(/C=C(\NC(=O)c2ccccc2)C(=O)Nc2ccc(S[C@H](C)C(=O)Nc3sc4c(c3C#N)CC[C@H](C)C4)cc2)o1. The van der Waals surface area contributed by atoms with Gasteiger partial charge in [0, 0.05) is 27.1 Å². The van der Waals surface area contributed by atoms with Gasteiger partial charge in [-0.05, 0) is 98.3 Å². The molecular formula is C40H36N4O5S2. The zero-order valence-electron chi connectivity index (χ0n) is 28.3. The minimum Gasteiger partial charge on any atom is -0.496 e. The Morgan fingerprint density at radius 2 is 1.75 bits per heavy atom. The summed E-state index contributed by atoms with van der Waals surface area (Å²) in [5.74, 6) is 0.912. The number of nitrogens with zero attached hydrogens (tertiary/aromatic N) is 1. The lowest BCUT2D eigenvalue weighted by Gasteiger charge is -2.17. The van der Waals surface area contributed by atoms with Gasteiger partial charge >= 0.3 is 0 Å². The molecule has 9 nitrogen and oxygen atoms in total. The number of carbonyl (C=O) groups excluding carboxylic acids is 3. The van der Waals surface area contributed by atoms with E-state index in [2.05, 4.69) is 28.9 Å². The van der Waals surface area contributed by atoms with E-state index in [1.807, 2.05) is 43.3 Å². The normalized spacial score (nSPS) is 14.5. The second-order valence-corrected chi connectivity index (χ2v) is 14.7. The van der Waals surface area contributed by atoms with Crippen LogP contribution in [-0.4, -0.2) is 30.1 Å². The quantitative estimate of drug-likeness (QED) is 0.0922. The Bertz CT molecular complexity index is 2130. The van der Waals surface area contributed by atoms with Crippen molar-refractivity contribution in [2.45, 2.75) is 43.3 Å². The van der Waals surface area contributed by atoms with E-state index in [0.29, 0.717) is 45.0 Å². The first-order chi connectivity index (χ1) is 24.7. The molecule has 5 aromatic rings. The topological polar surface area (TPSA) is 133 Å². The number of ether oxygens (including phenoxy) is 1. The summed E-state index contributed by atoms with van der Waals surface area (Å²) in [6.45, 7) is 4.03. The molecular weight excluding hydrogens is 681 g/mol. The second kappa shape index (κ2) is 16.0. The summed E-state index contributed by atoms with van der Waals surface area (Å²) in [7, 11) is 1.58. The average molecular weight is 717 g/mol. The number of thioether (sulfide) groups is 1. The minimum atomic E-state index is -0.552. The molecule has 2 atom stereocenters. The van der Waals surface area contributed by atoms with Gasteiger partial charge in [0.25, 0.3) is 11.8 Å². The van der Waals surface area contributed by atoms with Gasteiger partial charge in [0.1, 0.15) is 34.0 Å². The standard InChI is InChI=1S/C40H36N4O5S2/c1-24-13-19-30-32(23-41)40(51-36(30)21-24)44-37(45)25(2)50-29-17-14-27(15-18-29)42-39(47)33(43-38(46)26-9-5-4-6-10-26)22-28-16-20-35(49-28)31-11-7-8-12-34(31)48-3/h4-12,14-18,20,22,24-25H,13,19,21H2,1-3H3,(H,42,47)(H,43,46)(H,44,45)/b33-22-/t24-,25+/m0/s1. The van der Waals surface area contributed by atoms with Crippen LogP contribution in [-0.2, 0) is 22.4 Å². The number of methoxy groups -OCH3 is 1. The third-order valence-electron chi connectivity index (χ3n) is 8.47. The Balaban J connectivity index is 1.14. The van der Waals surface area contributed by atoms with Crippen LogP contribution in [0.1, 0.15) is 52.4 Å². The van der Waals surface area contributed by atoms with Crippen LogP contribution in [0.2, 0.25) is 0 Å². The smallest absolute Gasteiger partial charge is 0.272 e. The number of rotatable bonds is 11. The monoisotopic (exact) mass is 716 g/mol. The van der Waals surface area contributed by atoms with Crippen LogP contribution in [0.15, 0.2) is 106 Å². The maximum Gasteiger partial charge on any atom is 0.272 e. The van der Waals surface area contributed by atoms with Gasteiger partial charge in [-0.2, -0.15) is 5.26 Å². The molecule has 0 bridgehead atoms. The van der Waals surface area contributed by atoms with Crippen molar-refractivity contribution in [3.05, 3.63) is 124 Å². The van der Waals surface area contributed by atoms with Crippen LogP contribution in [0.4, 0.5) is 10.7 Å². The minimum absolute atomic E-state index is 0.0185. The highest BCUT2D eigenvalue weighted by Crippen LogP contribution is 2.40. The fraction of sp³-hybridized carbons (Fsp3) is 0.200. The number of fused-ring (bicyclic) bond motifs is 1. The molecule has 0 saturated carbocycles. The van der Waals surface area contributed by atoms with Crippen LogP contribution in [0.25, 0.3) is 17.4 Å². The molecule has 3 amide bonds. The number of thiophene rings is 1. The number of amides is 3. The number of para-hydroxylation sites is 1. The van der Waals surface area contributed by atoms with E-state index < -0.39 is 17.1 Å². The first-order valence-corrected chi connectivity index (χ1v) is 18.2. The van der Waals surface area contributed by atoms with E-state index in [0.717, 1.165) is 35.3 Å². The molecule has 0 spiro atoms. The summed E-state index contributed by atoms with van der Waals surface area (Å²) < 4.78 is 11.5. The number of nitriles is 1. The van der Waals surface area contributed by atoms with Crippen molar-refractivity contribution in [2.75, 3.05) is 17.7 Å². The van der Waals surface area contributed by atoms with Crippen LogP contribution in [0, 0.1) is 17.2 Å². The lowest BCUT2D eigenvalue weighted by molar-refractivity contribution is -0.115. The van der Waals surface area contributed by atoms with E-state index in [4.69, 9.17) is 9.15 Å². The van der Waals surface area contributed by atoms with Gasteiger partial charge in [-0.1, -0.05) is 37.3 Å². The fourth-order valence-corrected chi connectivity index (χ4v) is 7.98. The first kappa shape index (κ1) is 35.3.